The van der Waals surface area contributed by atoms with E-state index in [1.807, 2.05) is 5.32 Å². The Bertz CT molecular complexity index is 475. The van der Waals surface area contributed by atoms with Gasteiger partial charge in [-0.05, 0) is 19.8 Å². The Morgan fingerprint density at radius 1 is 0.750 bits per heavy atom. The molecule has 0 spiro atoms. The van der Waals surface area contributed by atoms with Crippen LogP contribution in [0.5, 0.6) is 0 Å². The van der Waals surface area contributed by atoms with Crippen LogP contribution in [-0.4, -0.2) is 57.1 Å². The number of ketones is 1. The van der Waals surface area contributed by atoms with Crippen LogP contribution in [0.2, 0.25) is 0 Å². The Kier molecular flexibility index (Phi) is 8.43. The largest absolute Gasteiger partial charge is 0.481 e. The van der Waals surface area contributed by atoms with E-state index in [2.05, 4.69) is 5.32 Å². The summed E-state index contributed by atoms with van der Waals surface area (Å²) < 4.78 is 0. The Hall–Kier alpha value is -2.65. The monoisotopic (exact) mass is 346 g/mol. The van der Waals surface area contributed by atoms with Gasteiger partial charge in [0.1, 0.15) is 17.9 Å². The first-order chi connectivity index (χ1) is 11.0. The smallest absolute Gasteiger partial charge is 0.326 e. The first-order valence-corrected chi connectivity index (χ1v) is 7.21. The standard InChI is InChI=1S/C14H22N2O8/c1-6(8(3)17)4-9(12(20)21)15-14(24)16-10(13(22)23)5-7(2)11(18)19/h6-7,9-10H,4-5H2,1-3H3,(H,18,19)(H,20,21)(H,22,23)(H2,15,16,24). The summed E-state index contributed by atoms with van der Waals surface area (Å²) in [5, 5.41) is 31.0. The quantitative estimate of drug-likeness (QED) is 0.365. The third-order valence-corrected chi connectivity index (χ3v) is 3.50. The highest BCUT2D eigenvalue weighted by molar-refractivity contribution is 5.87. The summed E-state index contributed by atoms with van der Waals surface area (Å²) >= 11 is 0. The van der Waals surface area contributed by atoms with Gasteiger partial charge in [-0.25, -0.2) is 14.4 Å². The molecule has 4 atom stereocenters. The summed E-state index contributed by atoms with van der Waals surface area (Å²) in [6, 6.07) is -3.94. The van der Waals surface area contributed by atoms with Gasteiger partial charge in [-0.2, -0.15) is 0 Å². The summed E-state index contributed by atoms with van der Waals surface area (Å²) in [6.07, 6.45) is -0.513. The van der Waals surface area contributed by atoms with Gasteiger partial charge in [-0.15, -0.1) is 0 Å². The fourth-order valence-electron chi connectivity index (χ4n) is 1.78. The zero-order chi connectivity index (χ0) is 19.0. The van der Waals surface area contributed by atoms with Crippen molar-refractivity contribution in [3.8, 4) is 0 Å². The molecular formula is C14H22N2O8. The second kappa shape index (κ2) is 9.48. The molecule has 5 N–H and O–H groups in total. The van der Waals surface area contributed by atoms with Crippen LogP contribution < -0.4 is 10.6 Å². The van der Waals surface area contributed by atoms with Gasteiger partial charge in [0.15, 0.2) is 0 Å². The number of urea groups is 1. The van der Waals surface area contributed by atoms with E-state index in [1.165, 1.54) is 20.8 Å². The van der Waals surface area contributed by atoms with Crippen LogP contribution >= 0.6 is 0 Å². The van der Waals surface area contributed by atoms with Crippen LogP contribution in [0.25, 0.3) is 0 Å². The molecule has 2 amide bonds. The summed E-state index contributed by atoms with van der Waals surface area (Å²) in [5.41, 5.74) is 0. The Morgan fingerprint density at radius 2 is 1.12 bits per heavy atom. The molecule has 24 heavy (non-hydrogen) atoms. The van der Waals surface area contributed by atoms with E-state index in [9.17, 15) is 24.0 Å². The van der Waals surface area contributed by atoms with Gasteiger partial charge in [-0.1, -0.05) is 13.8 Å². The number of nitrogens with one attached hydrogen (secondary N) is 2. The number of amides is 2. The molecule has 0 radical (unpaired) electrons. The summed E-state index contributed by atoms with van der Waals surface area (Å²) in [7, 11) is 0. The van der Waals surface area contributed by atoms with Crippen LogP contribution in [-0.2, 0) is 19.2 Å². The first kappa shape index (κ1) is 21.4. The highest BCUT2D eigenvalue weighted by Crippen LogP contribution is 2.09. The normalized spacial score (nSPS) is 15.5. The van der Waals surface area contributed by atoms with Gasteiger partial charge in [-0.3, -0.25) is 9.59 Å². The lowest BCUT2D eigenvalue weighted by Crippen LogP contribution is -2.52. The molecular weight excluding hydrogens is 324 g/mol. The lowest BCUT2D eigenvalue weighted by Gasteiger charge is -2.21. The highest BCUT2D eigenvalue weighted by Gasteiger charge is 2.28. The number of hydrogen-bond acceptors (Lipinski definition) is 5. The summed E-state index contributed by atoms with van der Waals surface area (Å²) in [5.74, 6) is -5.90. The van der Waals surface area contributed by atoms with Crippen molar-refractivity contribution in [1.29, 1.82) is 0 Å². The predicted molar refractivity (Wildman–Crippen MR) is 80.4 cm³/mol. The molecule has 0 saturated heterocycles. The van der Waals surface area contributed by atoms with E-state index in [0.29, 0.717) is 0 Å². The second-order valence-corrected chi connectivity index (χ2v) is 5.62. The van der Waals surface area contributed by atoms with Crippen LogP contribution in [0.1, 0.15) is 33.6 Å². The van der Waals surface area contributed by atoms with E-state index < -0.39 is 47.9 Å². The SMILES string of the molecule is CC(=O)C(C)CC(NC(=O)NC(CC(C)C(=O)O)C(=O)O)C(=O)O. The van der Waals surface area contributed by atoms with E-state index in [0.717, 1.165) is 0 Å². The summed E-state index contributed by atoms with van der Waals surface area (Å²) in [6.45, 7) is 4.08. The molecule has 0 bridgehead atoms. The Labute approximate surface area is 138 Å². The van der Waals surface area contributed by atoms with Gasteiger partial charge in [0.05, 0.1) is 5.92 Å². The molecule has 0 aromatic heterocycles. The van der Waals surface area contributed by atoms with Crippen molar-refractivity contribution in [3.63, 3.8) is 0 Å². The van der Waals surface area contributed by atoms with Crippen LogP contribution in [0, 0.1) is 11.8 Å². The van der Waals surface area contributed by atoms with E-state index >= 15 is 0 Å². The second-order valence-electron chi connectivity index (χ2n) is 5.62. The fourth-order valence-corrected chi connectivity index (χ4v) is 1.78. The molecule has 136 valence electrons. The highest BCUT2D eigenvalue weighted by atomic mass is 16.4. The molecule has 0 saturated carbocycles. The lowest BCUT2D eigenvalue weighted by molar-refractivity contribution is -0.143. The number of carboxylic acid groups (broad SMARTS) is 3. The average molecular weight is 346 g/mol. The van der Waals surface area contributed by atoms with Crippen molar-refractivity contribution < 1.29 is 39.3 Å². The van der Waals surface area contributed by atoms with E-state index in [1.54, 1.807) is 0 Å². The molecule has 0 aromatic carbocycles. The number of rotatable bonds is 10. The Balaban J connectivity index is 4.84. The van der Waals surface area contributed by atoms with Crippen molar-refractivity contribution in [2.75, 3.05) is 0 Å². The predicted octanol–water partition coefficient (Wildman–Crippen LogP) is -0.0820. The maximum atomic E-state index is 11.8. The number of hydrogen-bond donors (Lipinski definition) is 5. The molecule has 0 heterocycles. The minimum Gasteiger partial charge on any atom is -0.481 e. The Morgan fingerprint density at radius 3 is 1.42 bits per heavy atom. The number of carboxylic acids is 3. The van der Waals surface area contributed by atoms with Gasteiger partial charge < -0.3 is 26.0 Å². The molecule has 0 rings (SSSR count). The van der Waals surface area contributed by atoms with Crippen molar-refractivity contribution in [2.45, 2.75) is 45.7 Å². The van der Waals surface area contributed by atoms with Crippen LogP contribution in [0.15, 0.2) is 0 Å². The topological polar surface area (TPSA) is 170 Å². The van der Waals surface area contributed by atoms with Gasteiger partial charge in [0.25, 0.3) is 0 Å². The molecule has 0 aromatic rings. The minimum atomic E-state index is -1.49. The first-order valence-electron chi connectivity index (χ1n) is 7.21. The van der Waals surface area contributed by atoms with Crippen molar-refractivity contribution in [1.82, 2.24) is 10.6 Å². The van der Waals surface area contributed by atoms with E-state index in [-0.39, 0.29) is 18.6 Å². The maximum Gasteiger partial charge on any atom is 0.326 e. The number of carbonyl (C=O) groups excluding carboxylic acids is 2. The zero-order valence-corrected chi connectivity index (χ0v) is 13.6. The summed E-state index contributed by atoms with van der Waals surface area (Å²) in [4.78, 5) is 56.0. The molecule has 10 nitrogen and oxygen atoms in total. The third kappa shape index (κ3) is 7.56. The number of Topliss-reactive ketones (excluding diaryl/α,β-unsaturated/α-hetero) is 1. The zero-order valence-electron chi connectivity index (χ0n) is 13.6. The maximum absolute atomic E-state index is 11.8. The minimum absolute atomic E-state index is 0.151. The molecule has 4 unspecified atom stereocenters. The van der Waals surface area contributed by atoms with E-state index in [4.69, 9.17) is 15.3 Å². The van der Waals surface area contributed by atoms with Gasteiger partial charge in [0, 0.05) is 5.92 Å². The fraction of sp³-hybridized carbons (Fsp3) is 0.643. The third-order valence-electron chi connectivity index (χ3n) is 3.50. The van der Waals surface area contributed by atoms with Crippen molar-refractivity contribution >= 4 is 29.7 Å². The molecule has 0 aliphatic carbocycles. The van der Waals surface area contributed by atoms with Crippen LogP contribution in [0.4, 0.5) is 4.79 Å². The van der Waals surface area contributed by atoms with Gasteiger partial charge in [0.2, 0.25) is 0 Å². The van der Waals surface area contributed by atoms with Crippen LogP contribution in [0.3, 0.4) is 0 Å². The lowest BCUT2D eigenvalue weighted by atomic mass is 9.98. The molecule has 0 aliphatic rings. The molecule has 0 aliphatic heterocycles. The molecule has 0 fully saturated rings. The van der Waals surface area contributed by atoms with Gasteiger partial charge >= 0.3 is 23.9 Å². The average Bonchev–Trinajstić information content (AvgIpc) is 2.44. The number of aliphatic carboxylic acids is 3. The van der Waals surface area contributed by atoms with Crippen molar-refractivity contribution in [2.24, 2.45) is 11.8 Å². The molecule has 10 heteroatoms. The number of carbonyl (C=O) groups is 5. The van der Waals surface area contributed by atoms with Crippen molar-refractivity contribution in [3.05, 3.63) is 0 Å².